The minimum atomic E-state index is -0.116. The number of fused-ring (bicyclic) bond motifs is 2. The summed E-state index contributed by atoms with van der Waals surface area (Å²) in [6, 6.07) is 13.9. The highest BCUT2D eigenvalue weighted by Crippen LogP contribution is 2.31. The molecule has 0 bridgehead atoms. The SMILES string of the molecule is C[C@H](NC(=O)CCN1C(=O)COc2ccccc21)c1ccc2c(c1)CCCC2. The fourth-order valence-electron chi connectivity index (χ4n) is 4.03. The Balaban J connectivity index is 1.36. The molecule has 1 aliphatic heterocycles. The first-order valence-corrected chi connectivity index (χ1v) is 10.0. The number of hydrogen-bond acceptors (Lipinski definition) is 3. The second-order valence-electron chi connectivity index (χ2n) is 7.58. The number of carbonyl (C=O) groups is 2. The minimum Gasteiger partial charge on any atom is -0.482 e. The van der Waals surface area contributed by atoms with Gasteiger partial charge in [-0.2, -0.15) is 0 Å². The monoisotopic (exact) mass is 378 g/mol. The van der Waals surface area contributed by atoms with E-state index in [1.807, 2.05) is 31.2 Å². The molecule has 0 saturated carbocycles. The molecule has 1 atom stereocenters. The number of para-hydroxylation sites is 2. The van der Waals surface area contributed by atoms with E-state index in [0.717, 1.165) is 24.1 Å². The molecule has 2 amide bonds. The first-order chi connectivity index (χ1) is 13.6. The minimum absolute atomic E-state index is 0.0180. The van der Waals surface area contributed by atoms with Crippen molar-refractivity contribution in [2.24, 2.45) is 0 Å². The lowest BCUT2D eigenvalue weighted by Crippen LogP contribution is -2.41. The molecule has 2 aliphatic rings. The molecule has 2 aromatic rings. The van der Waals surface area contributed by atoms with E-state index < -0.39 is 0 Å². The van der Waals surface area contributed by atoms with Crippen LogP contribution in [0.2, 0.25) is 0 Å². The van der Waals surface area contributed by atoms with E-state index in [2.05, 4.69) is 23.5 Å². The van der Waals surface area contributed by atoms with Crippen molar-refractivity contribution in [3.8, 4) is 5.75 Å². The molecule has 0 unspecified atom stereocenters. The van der Waals surface area contributed by atoms with Crippen molar-refractivity contribution in [2.45, 2.75) is 45.1 Å². The number of anilines is 1. The molecule has 0 aromatic heterocycles. The highest BCUT2D eigenvalue weighted by atomic mass is 16.5. The maximum Gasteiger partial charge on any atom is 0.265 e. The Kier molecular flexibility index (Phi) is 5.33. The summed E-state index contributed by atoms with van der Waals surface area (Å²) in [6.07, 6.45) is 5.05. The van der Waals surface area contributed by atoms with Crippen LogP contribution in [0.5, 0.6) is 5.75 Å². The summed E-state index contributed by atoms with van der Waals surface area (Å²) < 4.78 is 5.45. The van der Waals surface area contributed by atoms with E-state index in [-0.39, 0.29) is 30.9 Å². The van der Waals surface area contributed by atoms with Crippen molar-refractivity contribution >= 4 is 17.5 Å². The van der Waals surface area contributed by atoms with Gasteiger partial charge in [0.15, 0.2) is 6.61 Å². The fourth-order valence-corrected chi connectivity index (χ4v) is 4.03. The number of amides is 2. The molecule has 0 radical (unpaired) electrons. The fraction of sp³-hybridized carbons (Fsp3) is 0.391. The van der Waals surface area contributed by atoms with Gasteiger partial charge in [0.25, 0.3) is 5.91 Å². The van der Waals surface area contributed by atoms with Gasteiger partial charge in [-0.15, -0.1) is 0 Å². The first kappa shape index (κ1) is 18.5. The maximum absolute atomic E-state index is 12.5. The van der Waals surface area contributed by atoms with Crippen LogP contribution < -0.4 is 15.0 Å². The molecule has 4 rings (SSSR count). The topological polar surface area (TPSA) is 58.6 Å². The zero-order chi connectivity index (χ0) is 19.5. The van der Waals surface area contributed by atoms with E-state index in [9.17, 15) is 9.59 Å². The quantitative estimate of drug-likeness (QED) is 0.865. The van der Waals surface area contributed by atoms with E-state index in [0.29, 0.717) is 12.3 Å². The highest BCUT2D eigenvalue weighted by Gasteiger charge is 2.25. The summed E-state index contributed by atoms with van der Waals surface area (Å²) in [6.45, 7) is 2.38. The van der Waals surface area contributed by atoms with Gasteiger partial charge >= 0.3 is 0 Å². The van der Waals surface area contributed by atoms with Gasteiger partial charge in [0.2, 0.25) is 5.91 Å². The molecule has 0 spiro atoms. The highest BCUT2D eigenvalue weighted by molar-refractivity contribution is 5.98. The number of nitrogens with one attached hydrogen (secondary N) is 1. The van der Waals surface area contributed by atoms with Crippen LogP contribution in [-0.2, 0) is 22.4 Å². The Morgan fingerprint density at radius 3 is 2.79 bits per heavy atom. The van der Waals surface area contributed by atoms with Gasteiger partial charge in [0, 0.05) is 13.0 Å². The molecule has 5 heteroatoms. The Hall–Kier alpha value is -2.82. The van der Waals surface area contributed by atoms with Crippen LogP contribution in [0.3, 0.4) is 0 Å². The van der Waals surface area contributed by atoms with Crippen LogP contribution >= 0.6 is 0 Å². The maximum atomic E-state index is 12.5. The van der Waals surface area contributed by atoms with Gasteiger partial charge in [-0.05, 0) is 61.4 Å². The molecule has 1 heterocycles. The van der Waals surface area contributed by atoms with Crippen LogP contribution in [0.25, 0.3) is 0 Å². The molecule has 0 fully saturated rings. The predicted octanol–water partition coefficient (Wildman–Crippen LogP) is 3.56. The van der Waals surface area contributed by atoms with Crippen molar-refractivity contribution in [2.75, 3.05) is 18.1 Å². The molecule has 1 aliphatic carbocycles. The molecular formula is C23H26N2O3. The van der Waals surface area contributed by atoms with Crippen molar-refractivity contribution in [3.63, 3.8) is 0 Å². The van der Waals surface area contributed by atoms with Crippen molar-refractivity contribution in [3.05, 3.63) is 59.2 Å². The van der Waals surface area contributed by atoms with Crippen LogP contribution in [-0.4, -0.2) is 25.0 Å². The average Bonchev–Trinajstić information content (AvgIpc) is 2.72. The number of carbonyl (C=O) groups excluding carboxylic acids is 2. The van der Waals surface area contributed by atoms with Gasteiger partial charge in [0.1, 0.15) is 5.75 Å². The van der Waals surface area contributed by atoms with Crippen molar-refractivity contribution < 1.29 is 14.3 Å². The van der Waals surface area contributed by atoms with Crippen LogP contribution in [0, 0.1) is 0 Å². The van der Waals surface area contributed by atoms with E-state index in [1.165, 1.54) is 24.0 Å². The second-order valence-corrected chi connectivity index (χ2v) is 7.58. The number of benzene rings is 2. The third-order valence-corrected chi connectivity index (χ3v) is 5.62. The smallest absolute Gasteiger partial charge is 0.265 e. The predicted molar refractivity (Wildman–Crippen MR) is 109 cm³/mol. The Morgan fingerprint density at radius 2 is 1.93 bits per heavy atom. The first-order valence-electron chi connectivity index (χ1n) is 10.0. The van der Waals surface area contributed by atoms with E-state index in [4.69, 9.17) is 4.74 Å². The molecule has 5 nitrogen and oxygen atoms in total. The number of aryl methyl sites for hydroxylation is 2. The number of hydrogen-bond donors (Lipinski definition) is 1. The lowest BCUT2D eigenvalue weighted by Gasteiger charge is -2.29. The Morgan fingerprint density at radius 1 is 1.14 bits per heavy atom. The van der Waals surface area contributed by atoms with Gasteiger partial charge in [0.05, 0.1) is 11.7 Å². The molecule has 146 valence electrons. The normalized spacial score (nSPS) is 16.6. The Labute approximate surface area is 165 Å². The largest absolute Gasteiger partial charge is 0.482 e. The molecule has 1 N–H and O–H groups in total. The van der Waals surface area contributed by atoms with E-state index in [1.54, 1.807) is 4.90 Å². The van der Waals surface area contributed by atoms with Crippen LogP contribution in [0.4, 0.5) is 5.69 Å². The van der Waals surface area contributed by atoms with Crippen LogP contribution in [0.15, 0.2) is 42.5 Å². The molecule has 2 aromatic carbocycles. The van der Waals surface area contributed by atoms with Gasteiger partial charge in [-0.3, -0.25) is 9.59 Å². The third kappa shape index (κ3) is 3.88. The van der Waals surface area contributed by atoms with E-state index >= 15 is 0 Å². The summed E-state index contributed by atoms with van der Waals surface area (Å²) in [7, 11) is 0. The summed E-state index contributed by atoms with van der Waals surface area (Å²) in [5.41, 5.74) is 4.73. The molecular weight excluding hydrogens is 352 g/mol. The second kappa shape index (κ2) is 8.05. The van der Waals surface area contributed by atoms with Gasteiger partial charge in [-0.1, -0.05) is 30.3 Å². The van der Waals surface area contributed by atoms with Crippen molar-refractivity contribution in [1.82, 2.24) is 5.32 Å². The molecule has 0 saturated heterocycles. The summed E-state index contributed by atoms with van der Waals surface area (Å²) in [4.78, 5) is 26.4. The van der Waals surface area contributed by atoms with Gasteiger partial charge < -0.3 is 15.0 Å². The Bertz CT molecular complexity index is 893. The standard InChI is InChI=1S/C23H26N2O3/c1-16(18-11-10-17-6-2-3-7-19(17)14-18)24-22(26)12-13-25-20-8-4-5-9-21(20)28-15-23(25)27/h4-5,8-11,14,16H,2-3,6-7,12-13,15H2,1H3,(H,24,26)/t16-/m0/s1. The lowest BCUT2D eigenvalue weighted by atomic mass is 9.89. The number of nitrogens with zero attached hydrogens (tertiary/aromatic N) is 1. The summed E-state index contributed by atoms with van der Waals surface area (Å²) in [5, 5.41) is 3.07. The number of rotatable bonds is 5. The third-order valence-electron chi connectivity index (χ3n) is 5.62. The molecule has 28 heavy (non-hydrogen) atoms. The van der Waals surface area contributed by atoms with Crippen LogP contribution in [0.1, 0.15) is 48.9 Å². The summed E-state index contributed by atoms with van der Waals surface area (Å²) >= 11 is 0. The zero-order valence-corrected chi connectivity index (χ0v) is 16.2. The summed E-state index contributed by atoms with van der Waals surface area (Å²) in [5.74, 6) is 0.515. The average molecular weight is 378 g/mol. The zero-order valence-electron chi connectivity index (χ0n) is 16.2. The van der Waals surface area contributed by atoms with Gasteiger partial charge in [-0.25, -0.2) is 0 Å². The lowest BCUT2D eigenvalue weighted by molar-refractivity contribution is -0.122. The number of ether oxygens (including phenoxy) is 1. The van der Waals surface area contributed by atoms with Crippen molar-refractivity contribution in [1.29, 1.82) is 0 Å².